The van der Waals surface area contributed by atoms with Gasteiger partial charge in [-0.25, -0.2) is 0 Å². The molecule has 0 amide bonds. The van der Waals surface area contributed by atoms with Crippen molar-refractivity contribution in [3.05, 3.63) is 0 Å². The van der Waals surface area contributed by atoms with Gasteiger partial charge in [-0.15, -0.1) is 0 Å². The van der Waals surface area contributed by atoms with Crippen molar-refractivity contribution < 1.29 is 73.8 Å². The molecule has 0 aromatic carbocycles. The predicted octanol–water partition coefficient (Wildman–Crippen LogP) is -1.19. The molecule has 0 atom stereocenters. The molecular weight excluding hydrogens is 248 g/mol. The molecule has 0 aromatic heterocycles. The van der Waals surface area contributed by atoms with Crippen molar-refractivity contribution in [3.8, 4) is 0 Å². The van der Waals surface area contributed by atoms with Crippen molar-refractivity contribution in [3.63, 3.8) is 0 Å². The van der Waals surface area contributed by atoms with Crippen molar-refractivity contribution in [2.24, 2.45) is 0 Å². The molecule has 36 valence electrons. The normalized spacial score (nSPS) is 0. The van der Waals surface area contributed by atoms with Gasteiger partial charge in [0.25, 0.3) is 0 Å². The average Bonchev–Trinajstić information content (AvgIpc) is 0. The summed E-state index contributed by atoms with van der Waals surface area (Å²) in [6, 6.07) is 0. The summed E-state index contributed by atoms with van der Waals surface area (Å²) in [5.74, 6) is 0. The van der Waals surface area contributed by atoms with Crippen LogP contribution in [0.3, 0.4) is 0 Å². The topological polar surface area (TPSA) is 0 Å². The van der Waals surface area contributed by atoms with Crippen molar-refractivity contribution >= 4 is 17.4 Å². The van der Waals surface area contributed by atoms with Crippen LogP contribution in [0.5, 0.6) is 0 Å². The van der Waals surface area contributed by atoms with Gasteiger partial charge < -0.3 is 0 Å². The molecule has 0 N–H and O–H groups in total. The van der Waals surface area contributed by atoms with Crippen molar-refractivity contribution in [1.29, 1.82) is 0 Å². The van der Waals surface area contributed by atoms with Crippen LogP contribution in [0.2, 0.25) is 0 Å². The van der Waals surface area contributed by atoms with Gasteiger partial charge in [0, 0.05) is 73.8 Å². The Kier molecular flexibility index (Phi) is 263. The first kappa shape index (κ1) is 45.4. The van der Waals surface area contributed by atoms with Crippen LogP contribution in [-0.2, 0) is 73.8 Å². The standard InChI is InChI=1S/Al.Cu.Ni.Ti.V.3H. The number of rotatable bonds is 0. The van der Waals surface area contributed by atoms with Gasteiger partial charge in [0.1, 0.15) is 0 Å². The van der Waals surface area contributed by atoms with Gasteiger partial charge in [0.05, 0.1) is 0 Å². The van der Waals surface area contributed by atoms with Crippen LogP contribution in [-0.4, -0.2) is 17.4 Å². The fourth-order valence-corrected chi connectivity index (χ4v) is 0. The Hall–Kier alpha value is 2.84. The zero-order chi connectivity index (χ0) is 0. The third-order valence-electron chi connectivity index (χ3n) is 0. The Morgan fingerprint density at radius 2 is 1.00 bits per heavy atom. The molecule has 0 saturated carbocycles. The fourth-order valence-electron chi connectivity index (χ4n) is 0. The SMILES string of the molecule is [AlH3].[Cu].[Ni].[Ti].[V]. The van der Waals surface area contributed by atoms with E-state index in [1.165, 1.54) is 0 Å². The summed E-state index contributed by atoms with van der Waals surface area (Å²) in [5, 5.41) is 0. The molecule has 0 aliphatic carbocycles. The fraction of sp³-hybridized carbons (Fsp3) is 0. The first-order valence-electron chi connectivity index (χ1n) is 0. The summed E-state index contributed by atoms with van der Waals surface area (Å²) in [7, 11) is 0. The third-order valence-corrected chi connectivity index (χ3v) is 0. The molecule has 0 rings (SSSR count). The van der Waals surface area contributed by atoms with E-state index in [1.54, 1.807) is 0 Å². The predicted molar refractivity (Wildman–Crippen MR) is 9.94 cm³/mol. The smallest absolute Gasteiger partial charge is 0 e. The maximum Gasteiger partial charge on any atom is 0.187 e. The van der Waals surface area contributed by atoms with Crippen molar-refractivity contribution in [1.82, 2.24) is 0 Å². The summed E-state index contributed by atoms with van der Waals surface area (Å²) in [4.78, 5) is 0. The molecule has 0 nitrogen and oxygen atoms in total. The molecule has 5 heavy (non-hydrogen) atoms. The van der Waals surface area contributed by atoms with Crippen LogP contribution in [0.1, 0.15) is 0 Å². The Bertz CT molecular complexity index is 11.6. The summed E-state index contributed by atoms with van der Waals surface area (Å²) in [5.41, 5.74) is 0. The Morgan fingerprint density at radius 3 is 1.00 bits per heavy atom. The van der Waals surface area contributed by atoms with Gasteiger partial charge in [-0.05, 0) is 0 Å². The second-order valence-corrected chi connectivity index (χ2v) is 0. The molecule has 0 spiro atoms. The molecule has 0 unspecified atom stereocenters. The molecule has 0 fully saturated rings. The molecule has 0 aliphatic heterocycles. The van der Waals surface area contributed by atoms with Crippen LogP contribution in [0.15, 0.2) is 0 Å². The van der Waals surface area contributed by atoms with Gasteiger partial charge in [-0.3, -0.25) is 0 Å². The third kappa shape index (κ3) is 19.9. The second-order valence-electron chi connectivity index (χ2n) is 0. The van der Waals surface area contributed by atoms with E-state index in [2.05, 4.69) is 0 Å². The Balaban J connectivity index is 0. The van der Waals surface area contributed by atoms with Crippen LogP contribution in [0.4, 0.5) is 0 Å². The maximum atomic E-state index is 0. The monoisotopic (exact) mass is 250 g/mol. The largest absolute Gasteiger partial charge is 0.187 e. The van der Waals surface area contributed by atoms with Gasteiger partial charge in [-0.1, -0.05) is 0 Å². The first-order chi connectivity index (χ1) is 0. The molecule has 5 heteroatoms. The average molecular weight is 251 g/mol. The zero-order valence-electron chi connectivity index (χ0n) is 1.56. The molecule has 2 radical (unpaired) electrons. The minimum atomic E-state index is 0. The summed E-state index contributed by atoms with van der Waals surface area (Å²) < 4.78 is 0. The van der Waals surface area contributed by atoms with Gasteiger partial charge >= 0.3 is 0 Å². The zero-order valence-corrected chi connectivity index (χ0v) is 6.45. The van der Waals surface area contributed by atoms with E-state index < -0.39 is 0 Å². The van der Waals surface area contributed by atoms with Crippen molar-refractivity contribution in [2.75, 3.05) is 0 Å². The summed E-state index contributed by atoms with van der Waals surface area (Å²) in [6.45, 7) is 0. The van der Waals surface area contributed by atoms with Crippen LogP contribution < -0.4 is 0 Å². The molecule has 0 aromatic rings. The molecular formula is H3AlCuNiTiV. The van der Waals surface area contributed by atoms with Gasteiger partial charge in [-0.2, -0.15) is 0 Å². The van der Waals surface area contributed by atoms with E-state index in [0.29, 0.717) is 0 Å². The van der Waals surface area contributed by atoms with Gasteiger partial charge in [0.15, 0.2) is 17.4 Å². The van der Waals surface area contributed by atoms with E-state index in [0.717, 1.165) is 0 Å². The van der Waals surface area contributed by atoms with Crippen LogP contribution in [0, 0.1) is 0 Å². The second kappa shape index (κ2) is 28.9. The Labute approximate surface area is 89.9 Å². The van der Waals surface area contributed by atoms with Crippen LogP contribution in [0.25, 0.3) is 0 Å². The summed E-state index contributed by atoms with van der Waals surface area (Å²) >= 11 is 0. The molecule has 0 heterocycles. The quantitative estimate of drug-likeness (QED) is 0.475. The minimum Gasteiger partial charge on any atom is 0 e. The van der Waals surface area contributed by atoms with Gasteiger partial charge in [0.2, 0.25) is 0 Å². The number of hydrogen-bond acceptors (Lipinski definition) is 0. The molecule has 0 aliphatic rings. The first-order valence-corrected chi connectivity index (χ1v) is 0. The Morgan fingerprint density at radius 1 is 1.00 bits per heavy atom. The van der Waals surface area contributed by atoms with Crippen molar-refractivity contribution in [2.45, 2.75) is 0 Å². The molecule has 0 saturated heterocycles. The maximum absolute atomic E-state index is 0. The summed E-state index contributed by atoms with van der Waals surface area (Å²) in [6.07, 6.45) is 0. The van der Waals surface area contributed by atoms with E-state index in [1.807, 2.05) is 0 Å². The minimum absolute atomic E-state index is 0. The van der Waals surface area contributed by atoms with E-state index in [9.17, 15) is 0 Å². The van der Waals surface area contributed by atoms with E-state index >= 15 is 0 Å². The number of hydrogen-bond donors (Lipinski definition) is 0. The van der Waals surface area contributed by atoms with E-state index in [4.69, 9.17) is 0 Å². The van der Waals surface area contributed by atoms with Crippen LogP contribution >= 0.6 is 0 Å². The molecule has 0 bridgehead atoms. The van der Waals surface area contributed by atoms with E-state index in [-0.39, 0.29) is 91.2 Å².